The molecule has 23 heavy (non-hydrogen) atoms. The van der Waals surface area contributed by atoms with E-state index in [0.717, 1.165) is 6.42 Å². The van der Waals surface area contributed by atoms with E-state index in [4.69, 9.17) is 4.74 Å². The van der Waals surface area contributed by atoms with E-state index in [-0.39, 0.29) is 12.8 Å². The van der Waals surface area contributed by atoms with E-state index in [1.165, 1.54) is 11.0 Å². The summed E-state index contributed by atoms with van der Waals surface area (Å²) >= 11 is 0. The summed E-state index contributed by atoms with van der Waals surface area (Å²) in [4.78, 5) is 26.3. The first-order valence-electron chi connectivity index (χ1n) is 8.42. The molecule has 2 rings (SSSR count). The van der Waals surface area contributed by atoms with Gasteiger partial charge in [0.25, 0.3) is 0 Å². The van der Waals surface area contributed by atoms with Crippen LogP contribution in [-0.2, 0) is 9.53 Å². The van der Waals surface area contributed by atoms with Crippen LogP contribution in [0.25, 0.3) is 0 Å². The number of allylic oxidation sites excluding steroid dienone is 1. The minimum Gasteiger partial charge on any atom is -0.428 e. The number of ketones is 1. The molecule has 6 heteroatoms. The molecule has 0 radical (unpaired) electrons. The molecule has 1 saturated carbocycles. The predicted octanol–water partition coefficient (Wildman–Crippen LogP) is 3.80. The second-order valence-electron chi connectivity index (χ2n) is 6.26. The highest BCUT2D eigenvalue weighted by Gasteiger charge is 2.74. The third-order valence-corrected chi connectivity index (χ3v) is 5.01. The largest absolute Gasteiger partial charge is 0.428 e. The third kappa shape index (κ3) is 2.66. The molecule has 130 valence electrons. The smallest absolute Gasteiger partial charge is 0.410 e. The van der Waals surface area contributed by atoms with Gasteiger partial charge < -0.3 is 9.64 Å². The number of amides is 1. The Morgan fingerprint density at radius 1 is 1.17 bits per heavy atom. The van der Waals surface area contributed by atoms with Gasteiger partial charge in [0.2, 0.25) is 5.60 Å². The van der Waals surface area contributed by atoms with E-state index in [2.05, 4.69) is 0 Å². The van der Waals surface area contributed by atoms with Crippen molar-refractivity contribution in [2.45, 2.75) is 58.0 Å². The zero-order chi connectivity index (χ0) is 17.3. The Labute approximate surface area is 135 Å². The first-order chi connectivity index (χ1) is 10.8. The van der Waals surface area contributed by atoms with Crippen LogP contribution in [0.15, 0.2) is 12.2 Å². The summed E-state index contributed by atoms with van der Waals surface area (Å²) in [6, 6.07) is 0. The van der Waals surface area contributed by atoms with Gasteiger partial charge in [-0.1, -0.05) is 25.5 Å². The van der Waals surface area contributed by atoms with Crippen molar-refractivity contribution in [3.05, 3.63) is 12.2 Å². The molecular formula is C17H25F2NO3. The number of carbonyl (C=O) groups excluding carboxylic acids is 2. The number of ether oxygens (including phenoxy) is 1. The van der Waals surface area contributed by atoms with Crippen molar-refractivity contribution in [1.29, 1.82) is 0 Å². The van der Waals surface area contributed by atoms with Crippen molar-refractivity contribution in [2.75, 3.05) is 13.1 Å². The molecule has 3 atom stereocenters. The van der Waals surface area contributed by atoms with Gasteiger partial charge in [-0.2, -0.15) is 0 Å². The summed E-state index contributed by atoms with van der Waals surface area (Å²) in [6.45, 7) is 6.08. The van der Waals surface area contributed by atoms with E-state index < -0.39 is 35.2 Å². The molecule has 0 saturated heterocycles. The highest BCUT2D eigenvalue weighted by molar-refractivity contribution is 5.92. The fourth-order valence-corrected chi connectivity index (χ4v) is 3.59. The number of halogens is 2. The number of alkyl halides is 2. The van der Waals surface area contributed by atoms with Gasteiger partial charge in [0.15, 0.2) is 5.78 Å². The zero-order valence-electron chi connectivity index (χ0n) is 14.0. The normalized spacial score (nSPS) is 30.5. The lowest BCUT2D eigenvalue weighted by Crippen LogP contribution is -2.61. The highest BCUT2D eigenvalue weighted by Crippen LogP contribution is 2.59. The number of hydrogen-bond donors (Lipinski definition) is 0. The number of nitrogens with zero attached hydrogens (tertiary/aromatic N) is 1. The predicted molar refractivity (Wildman–Crippen MR) is 82.3 cm³/mol. The molecule has 4 nitrogen and oxygen atoms in total. The summed E-state index contributed by atoms with van der Waals surface area (Å²) in [5.41, 5.74) is -2.33. The number of Topliss-reactive ketones (excluding diaryl/α,β-unsaturated/α-hetero) is 1. The minimum atomic E-state index is -3.35. The van der Waals surface area contributed by atoms with Gasteiger partial charge in [0.1, 0.15) is 0 Å². The van der Waals surface area contributed by atoms with E-state index in [9.17, 15) is 18.4 Å². The standard InChI is InChI=1S/C17H25F2NO3/c1-4-7-8-14(21)16(23-15(22)20(5-2)6-3)12-9-10-13(11-12)17(16,18)19/h9-10,12-13H,4-8,11H2,1-3H3/t12-,13+,16-/m1/s1. The van der Waals surface area contributed by atoms with Crippen molar-refractivity contribution in [3.63, 3.8) is 0 Å². The Kier molecular flexibility index (Phi) is 5.11. The summed E-state index contributed by atoms with van der Waals surface area (Å²) in [6.07, 6.45) is 3.64. The second kappa shape index (κ2) is 6.57. The van der Waals surface area contributed by atoms with Crippen LogP contribution in [0.5, 0.6) is 0 Å². The molecule has 0 spiro atoms. The van der Waals surface area contributed by atoms with E-state index in [1.54, 1.807) is 19.9 Å². The van der Waals surface area contributed by atoms with Crippen molar-refractivity contribution >= 4 is 11.9 Å². The lowest BCUT2D eigenvalue weighted by molar-refractivity contribution is -0.196. The Morgan fingerprint density at radius 3 is 2.26 bits per heavy atom. The highest BCUT2D eigenvalue weighted by atomic mass is 19.3. The van der Waals surface area contributed by atoms with Crippen LogP contribution in [0.4, 0.5) is 13.6 Å². The van der Waals surface area contributed by atoms with Crippen LogP contribution in [-0.4, -0.2) is 41.4 Å². The molecule has 0 aromatic rings. The van der Waals surface area contributed by atoms with Crippen LogP contribution >= 0.6 is 0 Å². The van der Waals surface area contributed by atoms with E-state index in [1.807, 2.05) is 6.92 Å². The van der Waals surface area contributed by atoms with Gasteiger partial charge >= 0.3 is 12.0 Å². The molecule has 0 aromatic heterocycles. The molecule has 2 bridgehead atoms. The van der Waals surface area contributed by atoms with Gasteiger partial charge in [-0.25, -0.2) is 13.6 Å². The van der Waals surface area contributed by atoms with Crippen LogP contribution in [0.2, 0.25) is 0 Å². The summed E-state index contributed by atoms with van der Waals surface area (Å²) in [5, 5.41) is 0. The van der Waals surface area contributed by atoms with E-state index in [0.29, 0.717) is 19.5 Å². The number of hydrogen-bond acceptors (Lipinski definition) is 3. The minimum absolute atomic E-state index is 0.00861. The second-order valence-corrected chi connectivity index (χ2v) is 6.26. The van der Waals surface area contributed by atoms with Crippen LogP contribution in [0.3, 0.4) is 0 Å². The number of rotatable bonds is 7. The van der Waals surface area contributed by atoms with Gasteiger partial charge in [-0.05, 0) is 26.7 Å². The van der Waals surface area contributed by atoms with Crippen LogP contribution in [0, 0.1) is 11.8 Å². The van der Waals surface area contributed by atoms with Crippen molar-refractivity contribution in [1.82, 2.24) is 4.90 Å². The van der Waals surface area contributed by atoms with Crippen LogP contribution < -0.4 is 0 Å². The quantitative estimate of drug-likeness (QED) is 0.667. The first kappa shape index (κ1) is 17.9. The van der Waals surface area contributed by atoms with Crippen LogP contribution in [0.1, 0.15) is 46.5 Å². The summed E-state index contributed by atoms with van der Waals surface area (Å²) < 4.78 is 35.1. The monoisotopic (exact) mass is 329 g/mol. The Hall–Kier alpha value is -1.46. The molecule has 0 aromatic carbocycles. The van der Waals surface area contributed by atoms with E-state index >= 15 is 0 Å². The van der Waals surface area contributed by atoms with Gasteiger partial charge in [0, 0.05) is 31.3 Å². The topological polar surface area (TPSA) is 46.6 Å². The molecule has 2 aliphatic carbocycles. The lowest BCUT2D eigenvalue weighted by Gasteiger charge is -2.40. The maximum absolute atomic E-state index is 14.9. The summed E-state index contributed by atoms with van der Waals surface area (Å²) in [7, 11) is 0. The molecular weight excluding hydrogens is 304 g/mol. The average Bonchev–Trinajstić information content (AvgIpc) is 3.07. The third-order valence-electron chi connectivity index (χ3n) is 5.01. The Morgan fingerprint density at radius 2 is 1.78 bits per heavy atom. The molecule has 0 aliphatic heterocycles. The molecule has 1 amide bonds. The average molecular weight is 329 g/mol. The maximum atomic E-state index is 14.9. The number of fused-ring (bicyclic) bond motifs is 2. The van der Waals surface area contributed by atoms with Crippen molar-refractivity contribution < 1.29 is 23.1 Å². The molecule has 1 fully saturated rings. The lowest BCUT2D eigenvalue weighted by atomic mass is 9.79. The van der Waals surface area contributed by atoms with Gasteiger partial charge in [-0.3, -0.25) is 4.79 Å². The van der Waals surface area contributed by atoms with Crippen molar-refractivity contribution in [2.24, 2.45) is 11.8 Å². The van der Waals surface area contributed by atoms with Gasteiger partial charge in [0.05, 0.1) is 0 Å². The van der Waals surface area contributed by atoms with Gasteiger partial charge in [-0.15, -0.1) is 0 Å². The number of unbranched alkanes of at least 4 members (excludes halogenated alkanes) is 1. The molecule has 2 aliphatic rings. The molecule has 0 heterocycles. The zero-order valence-corrected chi connectivity index (χ0v) is 14.0. The first-order valence-corrected chi connectivity index (χ1v) is 8.42. The Bertz CT molecular complexity index is 502. The van der Waals surface area contributed by atoms with Crippen molar-refractivity contribution in [3.8, 4) is 0 Å². The maximum Gasteiger partial charge on any atom is 0.410 e. The fourth-order valence-electron chi connectivity index (χ4n) is 3.59. The SMILES string of the molecule is CCCCC(=O)[C@]1(OC(=O)N(CC)CC)[C@@H]2C=C[C@@H](C2)C1(F)F. The molecule has 0 N–H and O–H groups in total. The fraction of sp³-hybridized carbons (Fsp3) is 0.765. The summed E-state index contributed by atoms with van der Waals surface area (Å²) in [5.74, 6) is -5.75. The Balaban J connectivity index is 2.35. The number of carbonyl (C=O) groups is 2. The molecule has 0 unspecified atom stereocenters.